The molecule has 3 rings (SSSR count). The van der Waals surface area contributed by atoms with Crippen LogP contribution in [0.25, 0.3) is 0 Å². The van der Waals surface area contributed by atoms with Crippen molar-refractivity contribution in [2.45, 2.75) is 13.3 Å². The smallest absolute Gasteiger partial charge is 0.229 e. The average Bonchev–Trinajstić information content (AvgIpc) is 3.03. The van der Waals surface area contributed by atoms with E-state index in [1.54, 1.807) is 48.4 Å². The van der Waals surface area contributed by atoms with Gasteiger partial charge in [0.25, 0.3) is 0 Å². The number of hydrogen-bond donors (Lipinski definition) is 2. The van der Waals surface area contributed by atoms with E-state index in [1.807, 2.05) is 12.1 Å². The van der Waals surface area contributed by atoms with Gasteiger partial charge in [-0.25, -0.2) is 0 Å². The summed E-state index contributed by atoms with van der Waals surface area (Å²) in [5.41, 5.74) is 1.82. The van der Waals surface area contributed by atoms with Crippen LogP contribution in [-0.2, 0) is 14.4 Å². The zero-order valence-corrected chi connectivity index (χ0v) is 15.2. The van der Waals surface area contributed by atoms with Crippen LogP contribution in [-0.4, -0.2) is 31.4 Å². The van der Waals surface area contributed by atoms with Crippen molar-refractivity contribution >= 4 is 34.8 Å². The minimum atomic E-state index is -0.466. The highest BCUT2D eigenvalue weighted by atomic mass is 16.5. The number of nitrogens with zero attached hydrogens (tertiary/aromatic N) is 1. The highest BCUT2D eigenvalue weighted by Gasteiger charge is 2.36. The first-order valence-electron chi connectivity index (χ1n) is 8.60. The number of benzene rings is 2. The standard InChI is InChI=1S/C20H21N3O4/c1-13(24)21-15-6-5-7-16(11-15)22-20(26)14-10-19(25)23(12-14)17-8-3-4-9-18(17)27-2/h3-9,11,14H,10,12H2,1-2H3,(H,21,24)(H,22,26)/t14-/m1/s1. The van der Waals surface area contributed by atoms with Gasteiger partial charge in [0.1, 0.15) is 5.75 Å². The molecule has 0 bridgehead atoms. The maximum atomic E-state index is 12.6. The van der Waals surface area contributed by atoms with Gasteiger partial charge >= 0.3 is 0 Å². The molecule has 0 aliphatic carbocycles. The summed E-state index contributed by atoms with van der Waals surface area (Å²) in [6, 6.07) is 14.1. The van der Waals surface area contributed by atoms with Crippen molar-refractivity contribution in [3.8, 4) is 5.75 Å². The molecule has 2 aromatic rings. The number of hydrogen-bond acceptors (Lipinski definition) is 4. The molecule has 0 saturated carbocycles. The molecular weight excluding hydrogens is 346 g/mol. The summed E-state index contributed by atoms with van der Waals surface area (Å²) in [6.07, 6.45) is 0.134. The molecule has 2 N–H and O–H groups in total. The Labute approximate surface area is 157 Å². The van der Waals surface area contributed by atoms with E-state index in [4.69, 9.17) is 4.74 Å². The Morgan fingerprint density at radius 1 is 1.07 bits per heavy atom. The van der Waals surface area contributed by atoms with Gasteiger partial charge < -0.3 is 20.3 Å². The average molecular weight is 367 g/mol. The molecule has 0 unspecified atom stereocenters. The molecule has 27 heavy (non-hydrogen) atoms. The molecule has 1 atom stereocenters. The molecule has 1 aliphatic heterocycles. The van der Waals surface area contributed by atoms with Crippen LogP contribution in [0, 0.1) is 5.92 Å². The van der Waals surface area contributed by atoms with Gasteiger partial charge in [0.05, 0.1) is 18.7 Å². The molecule has 7 heteroatoms. The predicted molar refractivity (Wildman–Crippen MR) is 103 cm³/mol. The minimum Gasteiger partial charge on any atom is -0.495 e. The number of amides is 3. The molecule has 3 amide bonds. The number of ether oxygens (including phenoxy) is 1. The Morgan fingerprint density at radius 3 is 2.48 bits per heavy atom. The molecule has 2 aromatic carbocycles. The summed E-state index contributed by atoms with van der Waals surface area (Å²) < 4.78 is 5.31. The summed E-state index contributed by atoms with van der Waals surface area (Å²) in [5.74, 6) is -0.415. The third kappa shape index (κ3) is 4.25. The van der Waals surface area contributed by atoms with Crippen LogP contribution in [0.1, 0.15) is 13.3 Å². The second-order valence-corrected chi connectivity index (χ2v) is 6.33. The van der Waals surface area contributed by atoms with Gasteiger partial charge in [-0.05, 0) is 30.3 Å². The molecule has 1 heterocycles. The van der Waals surface area contributed by atoms with E-state index in [0.717, 1.165) is 0 Å². The fraction of sp³-hybridized carbons (Fsp3) is 0.250. The van der Waals surface area contributed by atoms with Crippen molar-refractivity contribution in [2.24, 2.45) is 5.92 Å². The normalized spacial score (nSPS) is 16.1. The van der Waals surface area contributed by atoms with Gasteiger partial charge in [-0.1, -0.05) is 18.2 Å². The van der Waals surface area contributed by atoms with Crippen molar-refractivity contribution in [3.05, 3.63) is 48.5 Å². The molecular formula is C20H21N3O4. The largest absolute Gasteiger partial charge is 0.495 e. The second kappa shape index (κ2) is 7.90. The lowest BCUT2D eigenvalue weighted by atomic mass is 10.1. The topological polar surface area (TPSA) is 87.7 Å². The number of para-hydroxylation sites is 2. The molecule has 0 spiro atoms. The number of nitrogens with one attached hydrogen (secondary N) is 2. The molecule has 1 aliphatic rings. The first-order valence-corrected chi connectivity index (χ1v) is 8.60. The third-order valence-corrected chi connectivity index (χ3v) is 4.32. The highest BCUT2D eigenvalue weighted by molar-refractivity contribution is 6.04. The molecule has 0 radical (unpaired) electrons. The Balaban J connectivity index is 1.70. The van der Waals surface area contributed by atoms with E-state index in [0.29, 0.717) is 22.8 Å². The second-order valence-electron chi connectivity index (χ2n) is 6.33. The predicted octanol–water partition coefficient (Wildman–Crippen LogP) is 2.65. The Morgan fingerprint density at radius 2 is 1.78 bits per heavy atom. The van der Waals surface area contributed by atoms with Gasteiger partial charge in [-0.3, -0.25) is 14.4 Å². The summed E-state index contributed by atoms with van der Waals surface area (Å²) in [4.78, 5) is 37.8. The fourth-order valence-corrected chi connectivity index (χ4v) is 3.09. The Kier molecular flexibility index (Phi) is 5.40. The van der Waals surface area contributed by atoms with Gasteiger partial charge in [-0.2, -0.15) is 0 Å². The first-order chi connectivity index (χ1) is 13.0. The number of anilines is 3. The van der Waals surface area contributed by atoms with Crippen molar-refractivity contribution in [2.75, 3.05) is 29.2 Å². The number of carbonyl (C=O) groups excluding carboxylic acids is 3. The fourth-order valence-electron chi connectivity index (χ4n) is 3.09. The minimum absolute atomic E-state index is 0.119. The van der Waals surface area contributed by atoms with Crippen molar-refractivity contribution in [1.29, 1.82) is 0 Å². The quantitative estimate of drug-likeness (QED) is 0.850. The van der Waals surface area contributed by atoms with Crippen LogP contribution in [0.3, 0.4) is 0 Å². The van der Waals surface area contributed by atoms with E-state index in [9.17, 15) is 14.4 Å². The van der Waals surface area contributed by atoms with Gasteiger partial charge in [-0.15, -0.1) is 0 Å². The number of carbonyl (C=O) groups is 3. The Bertz CT molecular complexity index is 881. The van der Waals surface area contributed by atoms with E-state index in [2.05, 4.69) is 10.6 Å². The van der Waals surface area contributed by atoms with E-state index in [1.165, 1.54) is 6.92 Å². The number of rotatable bonds is 5. The van der Waals surface area contributed by atoms with Crippen LogP contribution in [0.2, 0.25) is 0 Å². The van der Waals surface area contributed by atoms with Crippen molar-refractivity contribution in [1.82, 2.24) is 0 Å². The van der Waals surface area contributed by atoms with E-state index < -0.39 is 5.92 Å². The van der Waals surface area contributed by atoms with E-state index in [-0.39, 0.29) is 30.7 Å². The zero-order chi connectivity index (χ0) is 19.4. The molecule has 1 fully saturated rings. The maximum absolute atomic E-state index is 12.6. The van der Waals surface area contributed by atoms with Crippen LogP contribution < -0.4 is 20.3 Å². The number of methoxy groups -OCH3 is 1. The highest BCUT2D eigenvalue weighted by Crippen LogP contribution is 2.33. The Hall–Kier alpha value is -3.35. The lowest BCUT2D eigenvalue weighted by Gasteiger charge is -2.19. The summed E-state index contributed by atoms with van der Waals surface area (Å²) in [5, 5.41) is 5.49. The van der Waals surface area contributed by atoms with Gasteiger partial charge in [0, 0.05) is 31.3 Å². The third-order valence-electron chi connectivity index (χ3n) is 4.32. The van der Waals surface area contributed by atoms with Gasteiger partial charge in [0.15, 0.2) is 0 Å². The monoisotopic (exact) mass is 367 g/mol. The summed E-state index contributed by atoms with van der Waals surface area (Å²) in [7, 11) is 1.55. The van der Waals surface area contributed by atoms with Crippen molar-refractivity contribution < 1.29 is 19.1 Å². The van der Waals surface area contributed by atoms with Crippen LogP contribution in [0.15, 0.2) is 48.5 Å². The molecule has 0 aromatic heterocycles. The molecule has 1 saturated heterocycles. The maximum Gasteiger partial charge on any atom is 0.229 e. The van der Waals surface area contributed by atoms with E-state index >= 15 is 0 Å². The summed E-state index contributed by atoms with van der Waals surface area (Å²) >= 11 is 0. The van der Waals surface area contributed by atoms with Crippen molar-refractivity contribution in [3.63, 3.8) is 0 Å². The lowest BCUT2D eigenvalue weighted by molar-refractivity contribution is -0.122. The zero-order valence-electron chi connectivity index (χ0n) is 15.2. The van der Waals surface area contributed by atoms with Crippen LogP contribution in [0.4, 0.5) is 17.1 Å². The van der Waals surface area contributed by atoms with Crippen LogP contribution >= 0.6 is 0 Å². The summed E-state index contributed by atoms with van der Waals surface area (Å²) in [6.45, 7) is 1.71. The molecule has 140 valence electrons. The van der Waals surface area contributed by atoms with Gasteiger partial charge in [0.2, 0.25) is 17.7 Å². The van der Waals surface area contributed by atoms with Crippen LogP contribution in [0.5, 0.6) is 5.75 Å². The SMILES string of the molecule is COc1ccccc1N1C[C@H](C(=O)Nc2cccc(NC(C)=O)c2)CC1=O. The first kappa shape index (κ1) is 18.4. The lowest BCUT2D eigenvalue weighted by Crippen LogP contribution is -2.28. The molecule has 7 nitrogen and oxygen atoms in total.